The van der Waals surface area contributed by atoms with Crippen LogP contribution in [-0.2, 0) is 4.79 Å². The van der Waals surface area contributed by atoms with Crippen molar-refractivity contribution in [2.24, 2.45) is 0 Å². The van der Waals surface area contributed by atoms with E-state index in [0.29, 0.717) is 5.75 Å². The molecular weight excluding hydrogens is 288 g/mol. The van der Waals surface area contributed by atoms with Gasteiger partial charge in [0.25, 0.3) is 0 Å². The first-order valence-corrected chi connectivity index (χ1v) is 8.29. The molecule has 1 atom stereocenters. The zero-order valence-electron chi connectivity index (χ0n) is 12.4. The Kier molecular flexibility index (Phi) is 4.26. The number of carbonyl (C=O) groups excluding carboxylic acids is 1. The lowest BCUT2D eigenvalue weighted by Crippen LogP contribution is -3.05. The number of quaternary nitrogens is 1. The van der Waals surface area contributed by atoms with Crippen LogP contribution in [0.25, 0.3) is 0 Å². The molecule has 1 amide bonds. The molecule has 6 heteroatoms. The summed E-state index contributed by atoms with van der Waals surface area (Å²) in [7, 11) is 4.27. The van der Waals surface area contributed by atoms with Crippen molar-refractivity contribution in [2.75, 3.05) is 39.7 Å². The summed E-state index contributed by atoms with van der Waals surface area (Å²) in [6.07, 6.45) is 1.02. The first-order valence-electron chi connectivity index (χ1n) is 7.25. The second-order valence-electron chi connectivity index (χ2n) is 5.67. The van der Waals surface area contributed by atoms with Crippen LogP contribution in [0.15, 0.2) is 18.2 Å². The predicted octanol–water partition coefficient (Wildman–Crippen LogP) is 0.524. The fraction of sp³-hybridized carbons (Fsp3) is 0.533. The number of nitrogens with zero attached hydrogens (tertiary/aromatic N) is 1. The molecule has 0 unspecified atom stereocenters. The lowest BCUT2D eigenvalue weighted by atomic mass is 10.1. The van der Waals surface area contributed by atoms with Crippen molar-refractivity contribution < 1.29 is 19.2 Å². The molecular formula is C15H21N2O3S+. The second-order valence-corrected chi connectivity index (χ2v) is 6.74. The Hall–Kier alpha value is -1.40. The van der Waals surface area contributed by atoms with Gasteiger partial charge in [-0.2, -0.15) is 0 Å². The summed E-state index contributed by atoms with van der Waals surface area (Å²) >= 11 is 1.69. The van der Waals surface area contributed by atoms with Crippen LogP contribution >= 0.6 is 11.8 Å². The molecule has 2 aliphatic rings. The summed E-state index contributed by atoms with van der Waals surface area (Å²) in [5, 5.41) is 0.101. The van der Waals surface area contributed by atoms with Gasteiger partial charge in [-0.3, -0.25) is 4.79 Å². The Morgan fingerprint density at radius 1 is 1.33 bits per heavy atom. The highest BCUT2D eigenvalue weighted by atomic mass is 32.2. The van der Waals surface area contributed by atoms with Gasteiger partial charge in [-0.1, -0.05) is 6.07 Å². The average molecular weight is 309 g/mol. The van der Waals surface area contributed by atoms with E-state index in [9.17, 15) is 4.79 Å². The lowest BCUT2D eigenvalue weighted by Gasteiger charge is -2.24. The number of carbonyl (C=O) groups is 1. The summed E-state index contributed by atoms with van der Waals surface area (Å²) in [5.74, 6) is 2.37. The predicted molar refractivity (Wildman–Crippen MR) is 81.8 cm³/mol. The van der Waals surface area contributed by atoms with Gasteiger partial charge in [0.05, 0.1) is 26.4 Å². The van der Waals surface area contributed by atoms with Gasteiger partial charge < -0.3 is 19.3 Å². The minimum absolute atomic E-state index is 0.101. The SMILES string of the molecule is C[NH+](C)CCCN1C(=O)CS[C@H]1c1ccc2c(c1)OCO2. The van der Waals surface area contributed by atoms with Crippen molar-refractivity contribution in [1.29, 1.82) is 0 Å². The van der Waals surface area contributed by atoms with Gasteiger partial charge in [0.2, 0.25) is 12.7 Å². The van der Waals surface area contributed by atoms with Crippen LogP contribution in [0.5, 0.6) is 11.5 Å². The Bertz CT molecular complexity index is 536. The van der Waals surface area contributed by atoms with Crippen LogP contribution in [-0.4, -0.2) is 50.5 Å². The Labute approximate surface area is 129 Å². The molecule has 1 aromatic carbocycles. The minimum atomic E-state index is 0.101. The van der Waals surface area contributed by atoms with E-state index in [4.69, 9.17) is 9.47 Å². The standard InChI is InChI=1S/C15H20N2O3S/c1-16(2)6-3-7-17-14(18)9-21-15(17)11-4-5-12-13(8-11)20-10-19-12/h4-5,8,15H,3,6-7,9-10H2,1-2H3/p+1/t15-/m0/s1. The fourth-order valence-corrected chi connectivity index (χ4v) is 3.85. The number of hydrogen-bond donors (Lipinski definition) is 1. The van der Waals surface area contributed by atoms with Gasteiger partial charge in [0.1, 0.15) is 5.37 Å². The summed E-state index contributed by atoms with van der Waals surface area (Å²) in [6.45, 7) is 2.17. The van der Waals surface area contributed by atoms with E-state index in [0.717, 1.165) is 36.6 Å². The number of nitrogens with one attached hydrogen (secondary N) is 1. The largest absolute Gasteiger partial charge is 0.454 e. The third-order valence-corrected chi connectivity index (χ3v) is 4.98. The average Bonchev–Trinajstić information content (AvgIpc) is 3.05. The maximum Gasteiger partial charge on any atom is 0.233 e. The van der Waals surface area contributed by atoms with E-state index in [2.05, 4.69) is 14.1 Å². The van der Waals surface area contributed by atoms with Crippen LogP contribution < -0.4 is 14.4 Å². The first kappa shape index (κ1) is 14.5. The van der Waals surface area contributed by atoms with Crippen molar-refractivity contribution in [2.45, 2.75) is 11.8 Å². The number of thioether (sulfide) groups is 1. The summed E-state index contributed by atoms with van der Waals surface area (Å²) in [6, 6.07) is 5.97. The van der Waals surface area contributed by atoms with Crippen LogP contribution in [0, 0.1) is 0 Å². The quantitative estimate of drug-likeness (QED) is 0.861. The molecule has 1 fully saturated rings. The van der Waals surface area contributed by atoms with Gasteiger partial charge in [0, 0.05) is 13.0 Å². The molecule has 0 bridgehead atoms. The monoisotopic (exact) mass is 309 g/mol. The Morgan fingerprint density at radius 3 is 2.95 bits per heavy atom. The topological polar surface area (TPSA) is 43.2 Å². The molecule has 2 aliphatic heterocycles. The lowest BCUT2D eigenvalue weighted by molar-refractivity contribution is -0.858. The van der Waals surface area contributed by atoms with Crippen LogP contribution in [0.1, 0.15) is 17.4 Å². The molecule has 0 radical (unpaired) electrons. The maximum atomic E-state index is 12.1. The molecule has 1 N–H and O–H groups in total. The normalized spacial score (nSPS) is 20.6. The molecule has 5 nitrogen and oxygen atoms in total. The Balaban J connectivity index is 1.72. The van der Waals surface area contributed by atoms with Crippen molar-refractivity contribution in [1.82, 2.24) is 4.90 Å². The van der Waals surface area contributed by atoms with E-state index in [1.165, 1.54) is 4.90 Å². The fourth-order valence-electron chi connectivity index (χ4n) is 2.64. The number of rotatable bonds is 5. The van der Waals surface area contributed by atoms with Crippen molar-refractivity contribution in [3.63, 3.8) is 0 Å². The number of hydrogen-bond acceptors (Lipinski definition) is 4. The molecule has 21 heavy (non-hydrogen) atoms. The molecule has 0 aromatic heterocycles. The zero-order valence-corrected chi connectivity index (χ0v) is 13.2. The highest BCUT2D eigenvalue weighted by molar-refractivity contribution is 8.00. The van der Waals surface area contributed by atoms with Crippen molar-refractivity contribution in [3.05, 3.63) is 23.8 Å². The van der Waals surface area contributed by atoms with Gasteiger partial charge in [-0.05, 0) is 17.7 Å². The van der Waals surface area contributed by atoms with Gasteiger partial charge in [-0.25, -0.2) is 0 Å². The molecule has 114 valence electrons. The smallest absolute Gasteiger partial charge is 0.233 e. The van der Waals surface area contributed by atoms with E-state index >= 15 is 0 Å². The van der Waals surface area contributed by atoms with Gasteiger partial charge in [-0.15, -0.1) is 11.8 Å². The zero-order chi connectivity index (χ0) is 14.8. The van der Waals surface area contributed by atoms with E-state index in [1.807, 2.05) is 23.1 Å². The summed E-state index contributed by atoms with van der Waals surface area (Å²) in [5.41, 5.74) is 1.12. The van der Waals surface area contributed by atoms with Gasteiger partial charge in [0.15, 0.2) is 11.5 Å². The van der Waals surface area contributed by atoms with Crippen LogP contribution in [0.4, 0.5) is 0 Å². The summed E-state index contributed by atoms with van der Waals surface area (Å²) in [4.78, 5) is 15.5. The minimum Gasteiger partial charge on any atom is -0.454 e. The third-order valence-electron chi connectivity index (χ3n) is 3.73. The second kappa shape index (κ2) is 6.15. The first-order chi connectivity index (χ1) is 10.1. The maximum absolute atomic E-state index is 12.1. The van der Waals surface area contributed by atoms with Crippen LogP contribution in [0.3, 0.4) is 0 Å². The molecule has 1 aromatic rings. The molecule has 2 heterocycles. The number of benzene rings is 1. The van der Waals surface area contributed by atoms with E-state index < -0.39 is 0 Å². The summed E-state index contributed by atoms with van der Waals surface area (Å²) < 4.78 is 10.8. The van der Waals surface area contributed by atoms with Crippen molar-refractivity contribution in [3.8, 4) is 11.5 Å². The molecule has 1 saturated heterocycles. The van der Waals surface area contributed by atoms with Crippen molar-refractivity contribution >= 4 is 17.7 Å². The van der Waals surface area contributed by atoms with Gasteiger partial charge >= 0.3 is 0 Å². The number of ether oxygens (including phenoxy) is 2. The number of fused-ring (bicyclic) bond motifs is 1. The highest BCUT2D eigenvalue weighted by Gasteiger charge is 2.33. The van der Waals surface area contributed by atoms with Crippen LogP contribution in [0.2, 0.25) is 0 Å². The number of amides is 1. The van der Waals surface area contributed by atoms with E-state index in [1.54, 1.807) is 11.8 Å². The van der Waals surface area contributed by atoms with E-state index in [-0.39, 0.29) is 18.1 Å². The highest BCUT2D eigenvalue weighted by Crippen LogP contribution is 2.42. The molecule has 3 rings (SSSR count). The molecule has 0 aliphatic carbocycles. The molecule has 0 saturated carbocycles. The molecule has 0 spiro atoms. The third kappa shape index (κ3) is 3.11. The Morgan fingerprint density at radius 2 is 2.14 bits per heavy atom.